The van der Waals surface area contributed by atoms with Crippen molar-refractivity contribution in [3.05, 3.63) is 17.9 Å². The Balaban J connectivity index is 2.20. The van der Waals surface area contributed by atoms with E-state index >= 15 is 0 Å². The van der Waals surface area contributed by atoms with E-state index in [1.165, 1.54) is 12.1 Å². The van der Waals surface area contributed by atoms with E-state index in [-0.39, 0.29) is 22.8 Å². The number of sulfonamides is 1. The number of carbonyl (C=O) groups excluding carboxylic acids is 1. The molecule has 7 nitrogen and oxygen atoms in total. The molecule has 2 heterocycles. The van der Waals surface area contributed by atoms with Crippen molar-refractivity contribution in [3.63, 3.8) is 0 Å². The van der Waals surface area contributed by atoms with Crippen LogP contribution in [0.3, 0.4) is 0 Å². The summed E-state index contributed by atoms with van der Waals surface area (Å²) in [5.41, 5.74) is 0. The molecule has 1 atom stereocenters. The summed E-state index contributed by atoms with van der Waals surface area (Å²) >= 11 is 0. The van der Waals surface area contributed by atoms with Gasteiger partial charge < -0.3 is 14.6 Å². The largest absolute Gasteiger partial charge is 0.438 e. The summed E-state index contributed by atoms with van der Waals surface area (Å²) in [5, 5.41) is 7.79. The Labute approximate surface area is 118 Å². The van der Waals surface area contributed by atoms with E-state index < -0.39 is 10.0 Å². The van der Waals surface area contributed by atoms with Crippen LogP contribution in [0.5, 0.6) is 0 Å². The van der Waals surface area contributed by atoms with Gasteiger partial charge in [0.05, 0.1) is 0 Å². The molecule has 1 aromatic heterocycles. The van der Waals surface area contributed by atoms with Crippen molar-refractivity contribution in [2.75, 3.05) is 19.6 Å². The number of hydrogen-bond acceptors (Lipinski definition) is 5. The van der Waals surface area contributed by atoms with Crippen molar-refractivity contribution in [3.8, 4) is 0 Å². The number of primary sulfonamides is 1. The van der Waals surface area contributed by atoms with Gasteiger partial charge in [0.1, 0.15) is 0 Å². The van der Waals surface area contributed by atoms with Crippen molar-refractivity contribution in [1.82, 2.24) is 10.2 Å². The molecule has 0 radical (unpaired) electrons. The Hall–Kier alpha value is -1.38. The molecule has 112 valence electrons. The van der Waals surface area contributed by atoms with E-state index in [1.807, 2.05) is 6.92 Å². The number of furan rings is 1. The second kappa shape index (κ2) is 5.94. The first kappa shape index (κ1) is 15.0. The predicted molar refractivity (Wildman–Crippen MR) is 72.7 cm³/mol. The standard InChI is InChI=1S/C12H19N3O4S/c1-2-7-15(9-5-6-14-8-9)12(16)10-3-4-11(19-10)20(13,17)18/h3-4,9,14H,2,5-8H2,1H3,(H2,13,17,18). The minimum atomic E-state index is -3.92. The van der Waals surface area contributed by atoms with Gasteiger partial charge in [-0.15, -0.1) is 0 Å². The van der Waals surface area contributed by atoms with Crippen LogP contribution in [0.15, 0.2) is 21.6 Å². The third-order valence-electron chi connectivity index (χ3n) is 3.27. The number of nitrogens with zero attached hydrogens (tertiary/aromatic N) is 1. The van der Waals surface area contributed by atoms with Gasteiger partial charge in [-0.1, -0.05) is 6.92 Å². The van der Waals surface area contributed by atoms with Gasteiger partial charge in [-0.05, 0) is 31.5 Å². The second-order valence-electron chi connectivity index (χ2n) is 4.81. The quantitative estimate of drug-likeness (QED) is 0.805. The van der Waals surface area contributed by atoms with Crippen LogP contribution in [0, 0.1) is 0 Å². The molecule has 1 aromatic rings. The van der Waals surface area contributed by atoms with Crippen LogP contribution < -0.4 is 10.5 Å². The lowest BCUT2D eigenvalue weighted by atomic mass is 10.2. The minimum Gasteiger partial charge on any atom is -0.438 e. The van der Waals surface area contributed by atoms with Gasteiger partial charge in [0.15, 0.2) is 5.76 Å². The maximum absolute atomic E-state index is 12.4. The van der Waals surface area contributed by atoms with Crippen molar-refractivity contribution in [1.29, 1.82) is 0 Å². The molecule has 1 fully saturated rings. The first-order valence-electron chi connectivity index (χ1n) is 6.57. The van der Waals surface area contributed by atoms with Crippen molar-refractivity contribution in [2.45, 2.75) is 30.9 Å². The normalized spacial score (nSPS) is 19.2. The molecule has 1 unspecified atom stereocenters. The SMILES string of the molecule is CCCN(C(=O)c1ccc(S(N)(=O)=O)o1)C1CCNC1. The van der Waals surface area contributed by atoms with Crippen LogP contribution in [-0.2, 0) is 10.0 Å². The Bertz CT molecular complexity index is 575. The molecule has 1 saturated heterocycles. The number of rotatable bonds is 5. The lowest BCUT2D eigenvalue weighted by molar-refractivity contribution is 0.0654. The fourth-order valence-corrected chi connectivity index (χ4v) is 2.79. The number of nitrogens with two attached hydrogens (primary N) is 1. The van der Waals surface area contributed by atoms with Gasteiger partial charge >= 0.3 is 0 Å². The highest BCUT2D eigenvalue weighted by atomic mass is 32.2. The molecule has 0 aromatic carbocycles. The van der Waals surface area contributed by atoms with Crippen molar-refractivity contribution in [2.24, 2.45) is 5.14 Å². The van der Waals surface area contributed by atoms with E-state index in [0.29, 0.717) is 6.54 Å². The van der Waals surface area contributed by atoms with Crippen LogP contribution in [0.2, 0.25) is 0 Å². The number of amides is 1. The van der Waals surface area contributed by atoms with Gasteiger partial charge in [0.2, 0.25) is 5.09 Å². The minimum absolute atomic E-state index is 0.00868. The molecule has 1 aliphatic heterocycles. The topological polar surface area (TPSA) is 106 Å². The van der Waals surface area contributed by atoms with E-state index in [4.69, 9.17) is 9.56 Å². The maximum atomic E-state index is 12.4. The summed E-state index contributed by atoms with van der Waals surface area (Å²) in [6.45, 7) is 4.21. The highest BCUT2D eigenvalue weighted by Gasteiger charge is 2.29. The molecule has 0 spiro atoms. The molecule has 0 saturated carbocycles. The molecule has 1 aliphatic rings. The van der Waals surface area contributed by atoms with E-state index in [1.54, 1.807) is 4.90 Å². The summed E-state index contributed by atoms with van der Waals surface area (Å²) in [5.74, 6) is -0.287. The smallest absolute Gasteiger partial charge is 0.289 e. The zero-order valence-electron chi connectivity index (χ0n) is 11.3. The average molecular weight is 301 g/mol. The van der Waals surface area contributed by atoms with Gasteiger partial charge in [-0.25, -0.2) is 13.6 Å². The summed E-state index contributed by atoms with van der Waals surface area (Å²) < 4.78 is 27.4. The molecular formula is C12H19N3O4S. The maximum Gasteiger partial charge on any atom is 0.289 e. The van der Waals surface area contributed by atoms with Crippen LogP contribution in [0.25, 0.3) is 0 Å². The van der Waals surface area contributed by atoms with Crippen molar-refractivity contribution >= 4 is 15.9 Å². The number of nitrogens with one attached hydrogen (secondary N) is 1. The summed E-state index contributed by atoms with van der Waals surface area (Å²) in [7, 11) is -3.92. The van der Waals surface area contributed by atoms with Crippen LogP contribution in [0.4, 0.5) is 0 Å². The highest BCUT2D eigenvalue weighted by Crippen LogP contribution is 2.18. The molecule has 8 heteroatoms. The summed E-state index contributed by atoms with van der Waals surface area (Å²) in [6.07, 6.45) is 1.71. The Kier molecular flexibility index (Phi) is 4.46. The number of hydrogen-bond donors (Lipinski definition) is 2. The Morgan fingerprint density at radius 2 is 2.30 bits per heavy atom. The Morgan fingerprint density at radius 3 is 2.80 bits per heavy atom. The molecule has 0 aliphatic carbocycles. The molecule has 1 amide bonds. The molecule has 20 heavy (non-hydrogen) atoms. The summed E-state index contributed by atoms with van der Waals surface area (Å²) in [4.78, 5) is 14.2. The lowest BCUT2D eigenvalue weighted by Crippen LogP contribution is -2.41. The van der Waals surface area contributed by atoms with Crippen LogP contribution >= 0.6 is 0 Å². The van der Waals surface area contributed by atoms with Crippen LogP contribution in [0.1, 0.15) is 30.3 Å². The number of carbonyl (C=O) groups is 1. The predicted octanol–water partition coefficient (Wildman–Crippen LogP) is 0.141. The van der Waals surface area contributed by atoms with Gasteiger partial charge in [0, 0.05) is 19.1 Å². The zero-order chi connectivity index (χ0) is 14.8. The average Bonchev–Trinajstić information content (AvgIpc) is 3.04. The van der Waals surface area contributed by atoms with Crippen LogP contribution in [-0.4, -0.2) is 44.9 Å². The zero-order valence-corrected chi connectivity index (χ0v) is 12.1. The summed E-state index contributed by atoms with van der Waals surface area (Å²) in [6, 6.07) is 2.68. The van der Waals surface area contributed by atoms with E-state index in [2.05, 4.69) is 5.32 Å². The molecule has 2 rings (SSSR count). The molecule has 3 N–H and O–H groups in total. The fourth-order valence-electron chi connectivity index (χ4n) is 2.33. The van der Waals surface area contributed by atoms with Gasteiger partial charge in [-0.2, -0.15) is 0 Å². The van der Waals surface area contributed by atoms with E-state index in [9.17, 15) is 13.2 Å². The monoisotopic (exact) mass is 301 g/mol. The van der Waals surface area contributed by atoms with E-state index in [0.717, 1.165) is 25.9 Å². The van der Waals surface area contributed by atoms with Gasteiger partial charge in [-0.3, -0.25) is 4.79 Å². The first-order chi connectivity index (χ1) is 9.43. The Morgan fingerprint density at radius 1 is 1.55 bits per heavy atom. The van der Waals surface area contributed by atoms with Crippen molar-refractivity contribution < 1.29 is 17.6 Å². The van der Waals surface area contributed by atoms with Gasteiger partial charge in [0.25, 0.3) is 15.9 Å². The molecule has 0 bridgehead atoms. The lowest BCUT2D eigenvalue weighted by Gasteiger charge is -2.27. The fraction of sp³-hybridized carbons (Fsp3) is 0.583. The third-order valence-corrected chi connectivity index (χ3v) is 4.05. The highest BCUT2D eigenvalue weighted by molar-refractivity contribution is 7.89. The molecular weight excluding hydrogens is 282 g/mol. The third kappa shape index (κ3) is 3.20. The first-order valence-corrected chi connectivity index (χ1v) is 8.12. The second-order valence-corrected chi connectivity index (χ2v) is 6.30.